The van der Waals surface area contributed by atoms with Gasteiger partial charge in [0.25, 0.3) is 0 Å². The lowest BCUT2D eigenvalue weighted by molar-refractivity contribution is -0.129. The van der Waals surface area contributed by atoms with Gasteiger partial charge in [0.1, 0.15) is 23.0 Å². The van der Waals surface area contributed by atoms with Gasteiger partial charge in [-0.05, 0) is 47.3 Å². The number of amides is 1. The Bertz CT molecular complexity index is 1240. The smallest absolute Gasteiger partial charge is 0.225 e. The van der Waals surface area contributed by atoms with Crippen LogP contribution >= 0.6 is 15.9 Å². The summed E-state index contributed by atoms with van der Waals surface area (Å²) in [6.45, 7) is 1.90. The highest BCUT2D eigenvalue weighted by Gasteiger charge is 2.40. The van der Waals surface area contributed by atoms with E-state index in [2.05, 4.69) is 47.7 Å². The van der Waals surface area contributed by atoms with Gasteiger partial charge < -0.3 is 20.5 Å². The van der Waals surface area contributed by atoms with Crippen molar-refractivity contribution in [2.24, 2.45) is 5.41 Å². The van der Waals surface area contributed by atoms with E-state index in [1.54, 1.807) is 36.1 Å². The summed E-state index contributed by atoms with van der Waals surface area (Å²) in [7, 11) is 1.66. The van der Waals surface area contributed by atoms with E-state index in [0.717, 1.165) is 18.2 Å². The Hall–Kier alpha value is -3.23. The highest BCUT2D eigenvalue weighted by Crippen LogP contribution is 2.39. The van der Waals surface area contributed by atoms with Crippen LogP contribution in [0, 0.1) is 16.7 Å². The Balaban J connectivity index is 1.65. The fourth-order valence-corrected chi connectivity index (χ4v) is 4.62. The van der Waals surface area contributed by atoms with Gasteiger partial charge in [-0.1, -0.05) is 6.92 Å². The molecule has 1 aliphatic rings. The number of carbonyl (C=O) groups excluding carboxylic acids is 1. The molecule has 0 saturated heterocycles. The molecule has 1 aromatic carbocycles. The molecule has 2 heterocycles. The third-order valence-electron chi connectivity index (χ3n) is 5.91. The zero-order chi connectivity index (χ0) is 23.6. The van der Waals surface area contributed by atoms with Gasteiger partial charge in [0.15, 0.2) is 5.65 Å². The molecule has 0 bridgehead atoms. The lowest BCUT2D eigenvalue weighted by atomic mass is 9.87. The van der Waals surface area contributed by atoms with Crippen LogP contribution < -0.4 is 15.4 Å². The summed E-state index contributed by atoms with van der Waals surface area (Å²) in [4.78, 5) is 21.3. The largest absolute Gasteiger partial charge is 0.490 e. The summed E-state index contributed by atoms with van der Waals surface area (Å²) < 4.78 is 7.74. The molecule has 0 aliphatic heterocycles. The molecule has 0 unspecified atom stereocenters. The molecule has 11 heteroatoms. The number of aliphatic hydroxyl groups is 1. The maximum absolute atomic E-state index is 12.2. The minimum atomic E-state index is -0.408. The number of benzene rings is 1. The van der Waals surface area contributed by atoms with Gasteiger partial charge in [-0.3, -0.25) is 4.79 Å². The molecule has 1 saturated carbocycles. The first-order valence-corrected chi connectivity index (χ1v) is 11.4. The van der Waals surface area contributed by atoms with E-state index >= 15 is 0 Å². The van der Waals surface area contributed by atoms with E-state index in [4.69, 9.17) is 9.84 Å². The van der Waals surface area contributed by atoms with Crippen LogP contribution in [0.3, 0.4) is 0 Å². The maximum atomic E-state index is 12.2. The number of aromatic nitrogens is 4. The van der Waals surface area contributed by atoms with Crippen LogP contribution in [-0.2, 0) is 4.79 Å². The van der Waals surface area contributed by atoms with Crippen molar-refractivity contribution in [1.29, 1.82) is 5.26 Å². The Morgan fingerprint density at radius 2 is 2.30 bits per heavy atom. The number of rotatable bonds is 7. The van der Waals surface area contributed by atoms with Crippen LogP contribution in [0.1, 0.15) is 31.7 Å². The predicted octanol–water partition coefficient (Wildman–Crippen LogP) is 2.54. The molecule has 0 radical (unpaired) electrons. The maximum Gasteiger partial charge on any atom is 0.225 e. The van der Waals surface area contributed by atoms with E-state index in [-0.39, 0.29) is 25.2 Å². The first-order chi connectivity index (χ1) is 15.9. The molecule has 10 nitrogen and oxygen atoms in total. The Morgan fingerprint density at radius 3 is 3.03 bits per heavy atom. The van der Waals surface area contributed by atoms with Crippen molar-refractivity contribution in [3.05, 3.63) is 34.6 Å². The van der Waals surface area contributed by atoms with Crippen LogP contribution in [-0.4, -0.2) is 57.1 Å². The molecule has 1 aliphatic carbocycles. The van der Waals surface area contributed by atoms with Crippen LogP contribution in [0.5, 0.6) is 5.75 Å². The fourth-order valence-electron chi connectivity index (χ4n) is 4.18. The number of nitrogens with one attached hydrogen (secondary N) is 2. The number of anilines is 1. The normalized spacial score (nSPS) is 19.9. The first-order valence-electron chi connectivity index (χ1n) is 10.6. The number of nitrogens with zero attached hydrogens (tertiary/aromatic N) is 5. The zero-order valence-electron chi connectivity index (χ0n) is 18.3. The number of ether oxygens (including phenoxy) is 1. The van der Waals surface area contributed by atoms with E-state index in [1.807, 2.05) is 6.92 Å². The Labute approximate surface area is 199 Å². The van der Waals surface area contributed by atoms with E-state index in [1.165, 1.54) is 0 Å². The molecule has 33 heavy (non-hydrogen) atoms. The quantitative estimate of drug-likeness (QED) is 0.438. The second kappa shape index (κ2) is 9.33. The SMILES string of the molecule is CNC(=O)[C@]1(C)CC[C@@H](Nc2ncc3c(Br)nn(-c4ccc(C#N)c(OCCO)c4)c3n2)C1. The van der Waals surface area contributed by atoms with Gasteiger partial charge in [0.2, 0.25) is 11.9 Å². The number of aliphatic hydroxyl groups excluding tert-OH is 1. The highest BCUT2D eigenvalue weighted by molar-refractivity contribution is 9.10. The molecule has 4 rings (SSSR count). The Morgan fingerprint density at radius 1 is 1.48 bits per heavy atom. The monoisotopic (exact) mass is 513 g/mol. The van der Waals surface area contributed by atoms with Crippen LogP contribution in [0.25, 0.3) is 16.7 Å². The topological polar surface area (TPSA) is 138 Å². The average Bonchev–Trinajstić information content (AvgIpc) is 3.37. The second-order valence-electron chi connectivity index (χ2n) is 8.22. The van der Waals surface area contributed by atoms with Gasteiger partial charge >= 0.3 is 0 Å². The molecule has 0 spiro atoms. The average molecular weight is 514 g/mol. The van der Waals surface area contributed by atoms with Crippen LogP contribution in [0.15, 0.2) is 29.0 Å². The van der Waals surface area contributed by atoms with Gasteiger partial charge in [0, 0.05) is 30.8 Å². The number of halogens is 1. The molecule has 1 amide bonds. The zero-order valence-corrected chi connectivity index (χ0v) is 19.9. The molecular formula is C22H24BrN7O3. The van der Waals surface area contributed by atoms with Crippen LogP contribution in [0.2, 0.25) is 0 Å². The Kier molecular flexibility index (Phi) is 6.49. The summed E-state index contributed by atoms with van der Waals surface area (Å²) in [5.41, 5.74) is 1.18. The fraction of sp³-hybridized carbons (Fsp3) is 0.409. The number of hydrogen-bond acceptors (Lipinski definition) is 8. The summed E-state index contributed by atoms with van der Waals surface area (Å²) in [6.07, 6.45) is 4.02. The summed E-state index contributed by atoms with van der Waals surface area (Å²) in [5.74, 6) is 0.855. The molecular weight excluding hydrogens is 490 g/mol. The third kappa shape index (κ3) is 4.49. The van der Waals surface area contributed by atoms with Gasteiger partial charge in [-0.15, -0.1) is 0 Å². The number of fused-ring (bicyclic) bond motifs is 1. The lowest BCUT2D eigenvalue weighted by Gasteiger charge is -2.22. The van der Waals surface area contributed by atoms with Crippen molar-refractivity contribution in [2.75, 3.05) is 25.6 Å². The van der Waals surface area contributed by atoms with Crippen molar-refractivity contribution in [2.45, 2.75) is 32.2 Å². The van der Waals surface area contributed by atoms with Gasteiger partial charge in [-0.2, -0.15) is 15.3 Å². The van der Waals surface area contributed by atoms with E-state index in [0.29, 0.717) is 39.6 Å². The first kappa shape index (κ1) is 22.9. The molecule has 3 N–H and O–H groups in total. The highest BCUT2D eigenvalue weighted by atomic mass is 79.9. The van der Waals surface area contributed by atoms with Gasteiger partial charge in [-0.25, -0.2) is 9.67 Å². The summed E-state index contributed by atoms with van der Waals surface area (Å²) >= 11 is 3.46. The number of hydrogen-bond donors (Lipinski definition) is 3. The number of carbonyl (C=O) groups is 1. The molecule has 2 aromatic heterocycles. The van der Waals surface area contributed by atoms with Crippen molar-refractivity contribution < 1.29 is 14.6 Å². The van der Waals surface area contributed by atoms with E-state index in [9.17, 15) is 10.1 Å². The molecule has 2 atom stereocenters. The molecule has 1 fully saturated rings. The summed E-state index contributed by atoms with van der Waals surface area (Å²) in [6, 6.07) is 7.25. The third-order valence-corrected chi connectivity index (χ3v) is 6.49. The van der Waals surface area contributed by atoms with Crippen molar-refractivity contribution in [3.8, 4) is 17.5 Å². The minimum absolute atomic E-state index is 0.0465. The molecule has 3 aromatic rings. The van der Waals surface area contributed by atoms with Gasteiger partial charge in [0.05, 0.1) is 23.2 Å². The van der Waals surface area contributed by atoms with Crippen molar-refractivity contribution in [1.82, 2.24) is 25.1 Å². The van der Waals surface area contributed by atoms with Crippen molar-refractivity contribution >= 4 is 38.8 Å². The minimum Gasteiger partial charge on any atom is -0.490 e. The lowest BCUT2D eigenvalue weighted by Crippen LogP contribution is -2.35. The predicted molar refractivity (Wildman–Crippen MR) is 125 cm³/mol. The van der Waals surface area contributed by atoms with Crippen LogP contribution in [0.4, 0.5) is 5.95 Å². The second-order valence-corrected chi connectivity index (χ2v) is 8.97. The molecule has 172 valence electrons. The standard InChI is InChI=1S/C22H24BrN7O3/c1-22(20(32)25-2)6-5-14(10-22)27-21-26-12-16-18(23)29-30(19(16)28-21)15-4-3-13(11-24)17(9-15)33-8-7-31/h3-4,9,12,14,31H,5-8,10H2,1-2H3,(H,25,32)(H,26,27,28)/t14-,22-/m1/s1. The van der Waals surface area contributed by atoms with E-state index < -0.39 is 5.41 Å². The van der Waals surface area contributed by atoms with Crippen molar-refractivity contribution in [3.63, 3.8) is 0 Å². The number of nitriles is 1. The summed E-state index contributed by atoms with van der Waals surface area (Å²) in [5, 5.41) is 29.8.